The summed E-state index contributed by atoms with van der Waals surface area (Å²) in [7, 11) is 1.54. The number of aromatic nitrogens is 4. The van der Waals surface area contributed by atoms with E-state index in [4.69, 9.17) is 19.0 Å². The number of hydrogen-bond acceptors (Lipinski definition) is 9. The molecule has 4 heterocycles. The molecule has 186 valence electrons. The second-order valence-corrected chi connectivity index (χ2v) is 10.2. The molecule has 6 aromatic rings. The van der Waals surface area contributed by atoms with E-state index in [0.717, 1.165) is 15.4 Å². The summed E-state index contributed by atoms with van der Waals surface area (Å²) >= 11 is 2.77. The largest absolute Gasteiger partial charge is 0.486 e. The van der Waals surface area contributed by atoms with E-state index in [-0.39, 0.29) is 12.2 Å². The van der Waals surface area contributed by atoms with Crippen LogP contribution in [0.3, 0.4) is 0 Å². The molecule has 0 atom stereocenters. The molecule has 0 bridgehead atoms. The quantitative estimate of drug-likeness (QED) is 0.262. The van der Waals surface area contributed by atoms with Gasteiger partial charge in [0.25, 0.3) is 5.19 Å². The van der Waals surface area contributed by atoms with Crippen molar-refractivity contribution in [1.82, 2.24) is 19.6 Å². The fourth-order valence-corrected chi connectivity index (χ4v) is 5.41. The number of fused-ring (bicyclic) bond motifs is 2. The van der Waals surface area contributed by atoms with Crippen LogP contribution in [0.4, 0.5) is 4.39 Å². The number of benzene rings is 2. The molecule has 2 aromatic carbocycles. The predicted octanol–water partition coefficient (Wildman–Crippen LogP) is 6.06. The summed E-state index contributed by atoms with van der Waals surface area (Å²) in [4.78, 5) is 21.9. The molecule has 0 spiro atoms. The molecule has 0 aliphatic heterocycles. The second-order valence-electron chi connectivity index (χ2n) is 8.04. The fourth-order valence-electron chi connectivity index (χ4n) is 3.79. The van der Waals surface area contributed by atoms with Crippen molar-refractivity contribution in [2.24, 2.45) is 0 Å². The maximum absolute atomic E-state index is 14.4. The highest BCUT2D eigenvalue weighted by atomic mass is 32.1. The molecular weight excluding hydrogens is 519 g/mol. The smallest absolute Gasteiger partial charge is 0.335 e. The van der Waals surface area contributed by atoms with Crippen molar-refractivity contribution in [3.05, 3.63) is 70.6 Å². The zero-order valence-electron chi connectivity index (χ0n) is 19.4. The van der Waals surface area contributed by atoms with Crippen LogP contribution < -0.4 is 9.47 Å². The van der Waals surface area contributed by atoms with E-state index in [1.165, 1.54) is 34.8 Å². The third kappa shape index (κ3) is 4.30. The van der Waals surface area contributed by atoms with Gasteiger partial charge < -0.3 is 19.0 Å². The highest BCUT2D eigenvalue weighted by Crippen LogP contribution is 2.36. The van der Waals surface area contributed by atoms with Gasteiger partial charge in [-0.25, -0.2) is 23.7 Å². The van der Waals surface area contributed by atoms with Crippen LogP contribution in [0.2, 0.25) is 0 Å². The molecule has 0 saturated heterocycles. The first-order chi connectivity index (χ1) is 17.9. The van der Waals surface area contributed by atoms with Gasteiger partial charge in [0.15, 0.2) is 5.76 Å². The van der Waals surface area contributed by atoms with E-state index < -0.39 is 11.8 Å². The maximum atomic E-state index is 14.4. The Bertz CT molecular complexity index is 1750. The molecule has 37 heavy (non-hydrogen) atoms. The Hall–Kier alpha value is -4.29. The Labute approximate surface area is 216 Å². The van der Waals surface area contributed by atoms with Crippen molar-refractivity contribution in [3.63, 3.8) is 0 Å². The predicted molar refractivity (Wildman–Crippen MR) is 136 cm³/mol. The number of halogens is 1. The van der Waals surface area contributed by atoms with Crippen molar-refractivity contribution in [3.8, 4) is 33.0 Å². The van der Waals surface area contributed by atoms with Crippen LogP contribution in [-0.2, 0) is 6.61 Å². The van der Waals surface area contributed by atoms with Gasteiger partial charge in [-0.15, -0.1) is 16.4 Å². The Morgan fingerprint density at radius 1 is 1.16 bits per heavy atom. The van der Waals surface area contributed by atoms with Gasteiger partial charge in [-0.3, -0.25) is 0 Å². The first-order valence-corrected chi connectivity index (χ1v) is 12.6. The van der Waals surface area contributed by atoms with Gasteiger partial charge in [-0.1, -0.05) is 12.1 Å². The minimum atomic E-state index is -0.982. The lowest BCUT2D eigenvalue weighted by atomic mass is 10.1. The topological polar surface area (TPSA) is 112 Å². The zero-order valence-corrected chi connectivity index (χ0v) is 21.0. The first-order valence-electron chi connectivity index (χ1n) is 10.9. The van der Waals surface area contributed by atoms with Crippen LogP contribution in [-0.4, -0.2) is 37.8 Å². The molecule has 0 fully saturated rings. The van der Waals surface area contributed by atoms with Crippen LogP contribution in [0.15, 0.2) is 53.1 Å². The van der Waals surface area contributed by atoms with Crippen molar-refractivity contribution < 1.29 is 28.2 Å². The number of carbonyl (C=O) groups is 1. The number of carboxylic acids is 1. The van der Waals surface area contributed by atoms with Gasteiger partial charge in [0, 0.05) is 22.6 Å². The maximum Gasteiger partial charge on any atom is 0.335 e. The SMILES string of the molecule is COc1nn2cc(-c3cc4c(OCc5nc(-c6ccc(C(=O)O)cc6)sc5C)cc(F)cc4o3)nc2s1. The zero-order chi connectivity index (χ0) is 25.7. The van der Waals surface area contributed by atoms with Gasteiger partial charge in [0.2, 0.25) is 4.96 Å². The number of nitrogens with zero attached hydrogens (tertiary/aromatic N) is 4. The molecule has 0 unspecified atom stereocenters. The molecule has 0 radical (unpaired) electrons. The molecule has 4 aromatic heterocycles. The monoisotopic (exact) mass is 536 g/mol. The average Bonchev–Trinajstić information content (AvgIpc) is 3.64. The number of methoxy groups -OCH3 is 1. The van der Waals surface area contributed by atoms with Crippen LogP contribution in [0.5, 0.6) is 10.9 Å². The number of hydrogen-bond donors (Lipinski definition) is 1. The van der Waals surface area contributed by atoms with Crippen molar-refractivity contribution in [2.75, 3.05) is 7.11 Å². The number of imidazole rings is 1. The second kappa shape index (κ2) is 8.98. The lowest BCUT2D eigenvalue weighted by Crippen LogP contribution is -1.98. The number of aromatic carboxylic acids is 1. The van der Waals surface area contributed by atoms with Crippen molar-refractivity contribution >= 4 is 44.6 Å². The summed E-state index contributed by atoms with van der Waals surface area (Å²) in [5.41, 5.74) is 2.61. The Morgan fingerprint density at radius 2 is 1.97 bits per heavy atom. The van der Waals surface area contributed by atoms with E-state index in [1.54, 1.807) is 48.2 Å². The summed E-state index contributed by atoms with van der Waals surface area (Å²) in [5.74, 6) is -0.691. The number of furan rings is 1. The minimum absolute atomic E-state index is 0.124. The van der Waals surface area contributed by atoms with Gasteiger partial charge in [0.1, 0.15) is 34.5 Å². The normalized spacial score (nSPS) is 11.4. The summed E-state index contributed by atoms with van der Waals surface area (Å²) in [5, 5.41) is 15.2. The number of ether oxygens (including phenoxy) is 2. The van der Waals surface area contributed by atoms with Gasteiger partial charge in [0.05, 0.1) is 30.0 Å². The lowest BCUT2D eigenvalue weighted by Gasteiger charge is -2.06. The molecule has 0 amide bonds. The number of rotatable bonds is 7. The van der Waals surface area contributed by atoms with Gasteiger partial charge >= 0.3 is 5.97 Å². The lowest BCUT2D eigenvalue weighted by molar-refractivity contribution is 0.0697. The Balaban J connectivity index is 1.26. The van der Waals surface area contributed by atoms with Gasteiger partial charge in [-0.05, 0) is 36.5 Å². The van der Waals surface area contributed by atoms with Crippen LogP contribution in [0, 0.1) is 12.7 Å². The summed E-state index contributed by atoms with van der Waals surface area (Å²) in [6, 6.07) is 10.9. The van der Waals surface area contributed by atoms with E-state index in [2.05, 4.69) is 15.1 Å². The molecule has 0 aliphatic carbocycles. The van der Waals surface area contributed by atoms with Crippen LogP contribution in [0.1, 0.15) is 20.9 Å². The van der Waals surface area contributed by atoms with Crippen molar-refractivity contribution in [2.45, 2.75) is 13.5 Å². The van der Waals surface area contributed by atoms with E-state index >= 15 is 0 Å². The molecule has 1 N–H and O–H groups in total. The van der Waals surface area contributed by atoms with Crippen LogP contribution >= 0.6 is 22.7 Å². The van der Waals surface area contributed by atoms with E-state index in [0.29, 0.717) is 44.0 Å². The summed E-state index contributed by atoms with van der Waals surface area (Å²) in [6.07, 6.45) is 1.71. The molecule has 9 nitrogen and oxygen atoms in total. The average molecular weight is 537 g/mol. The van der Waals surface area contributed by atoms with Crippen molar-refractivity contribution in [1.29, 1.82) is 0 Å². The Kier molecular flexibility index (Phi) is 5.61. The van der Waals surface area contributed by atoms with E-state index in [9.17, 15) is 9.18 Å². The molecule has 6 rings (SSSR count). The van der Waals surface area contributed by atoms with Gasteiger partial charge in [-0.2, -0.15) is 0 Å². The van der Waals surface area contributed by atoms with E-state index in [1.807, 2.05) is 6.92 Å². The number of thiazole rings is 1. The highest BCUT2D eigenvalue weighted by molar-refractivity contribution is 7.18. The highest BCUT2D eigenvalue weighted by Gasteiger charge is 2.18. The molecular formula is C25H17FN4O5S2. The fraction of sp³-hybridized carbons (Fsp3) is 0.120. The first kappa shape index (κ1) is 23.1. The molecule has 12 heteroatoms. The Morgan fingerprint density at radius 3 is 2.70 bits per heavy atom. The van der Waals surface area contributed by atoms with Crippen LogP contribution in [0.25, 0.3) is 38.0 Å². The molecule has 0 saturated carbocycles. The molecule has 0 aliphatic rings. The third-order valence-electron chi connectivity index (χ3n) is 5.65. The number of aryl methyl sites for hydroxylation is 1. The minimum Gasteiger partial charge on any atom is -0.486 e. The summed E-state index contributed by atoms with van der Waals surface area (Å²) < 4.78 is 33.0. The third-order valence-corrected chi connectivity index (χ3v) is 7.60. The standard InChI is InChI=1S/C25H17FN4O5S2/c1-12-18(27-22(36-12)13-3-5-14(6-4-13)23(31)32)11-34-19-7-15(26)8-20-16(19)9-21(35-20)17-10-30-24(28-17)37-25(29-30)33-2/h3-10H,11H2,1-2H3,(H,31,32). The summed E-state index contributed by atoms with van der Waals surface area (Å²) in [6.45, 7) is 2.05. The number of carboxylic acid groups (broad SMARTS) is 1.